The average molecular weight is 173 g/mol. The van der Waals surface area contributed by atoms with Crippen molar-refractivity contribution >= 4 is 0 Å². The Labute approximate surface area is 74.3 Å². The quantitative estimate of drug-likeness (QED) is 0.653. The minimum absolute atomic E-state index is 0.289. The molecule has 72 valence electrons. The highest BCUT2D eigenvalue weighted by atomic mass is 16.5. The molecule has 0 saturated carbocycles. The van der Waals surface area contributed by atoms with E-state index in [0.717, 1.165) is 32.8 Å². The van der Waals surface area contributed by atoms with Gasteiger partial charge >= 0.3 is 0 Å². The molecule has 0 aromatic carbocycles. The number of likely N-dealkylation sites (tertiary alicyclic amines) is 1. The molecule has 3 heteroatoms. The van der Waals surface area contributed by atoms with Gasteiger partial charge in [0, 0.05) is 25.0 Å². The maximum Gasteiger partial charge on any atom is 0.0569 e. The van der Waals surface area contributed by atoms with Gasteiger partial charge in [-0.1, -0.05) is 13.8 Å². The minimum atomic E-state index is 0.289. The Hall–Kier alpha value is -0.120. The molecule has 2 aliphatic rings. The molecule has 2 saturated heterocycles. The van der Waals surface area contributed by atoms with Gasteiger partial charge in [-0.3, -0.25) is 4.90 Å². The van der Waals surface area contributed by atoms with E-state index >= 15 is 0 Å². The molecule has 2 fully saturated rings. The fourth-order valence-corrected chi connectivity index (χ4v) is 1.78. The van der Waals surface area contributed by atoms with E-state index in [1.165, 1.54) is 0 Å². The zero-order valence-electron chi connectivity index (χ0n) is 8.05. The summed E-state index contributed by atoms with van der Waals surface area (Å²) in [4.78, 5) is 2.27. The Morgan fingerprint density at radius 2 is 1.92 bits per heavy atom. The van der Waals surface area contributed by atoms with Crippen molar-refractivity contribution in [2.75, 3.05) is 39.5 Å². The van der Waals surface area contributed by atoms with E-state index in [0.29, 0.717) is 5.41 Å². The number of β-amino-alcohol motifs (C(OH)–C–C–N with tert-alkyl or cyclic N) is 1. The molecule has 0 bridgehead atoms. The van der Waals surface area contributed by atoms with E-state index in [9.17, 15) is 0 Å². The van der Waals surface area contributed by atoms with Gasteiger partial charge in [0.15, 0.2) is 0 Å². The number of ether oxygens (including phenoxy) is 1. The highest BCUT2D eigenvalue weighted by Gasteiger charge is 2.48. The number of hydrogen-bond donors (Lipinski definition) is 1. The van der Waals surface area contributed by atoms with Crippen LogP contribution in [0, 0.1) is 5.41 Å². The van der Waals surface area contributed by atoms with Crippen LogP contribution in [0.15, 0.2) is 0 Å². The average Bonchev–Trinajstić information content (AvgIpc) is 1.96. The predicted molar refractivity (Wildman–Crippen MR) is 48.1 cm³/mol. The summed E-state index contributed by atoms with van der Waals surface area (Å²) in [5.74, 6) is 0. The Balaban J connectivity index is 0.000000336. The SMILES string of the molecule is CC.OCCN1CC2(COC2)C1. The third kappa shape index (κ3) is 1.79. The molecule has 1 N–H and O–H groups in total. The number of nitrogens with zero attached hydrogens (tertiary/aromatic N) is 1. The summed E-state index contributed by atoms with van der Waals surface area (Å²) >= 11 is 0. The maximum absolute atomic E-state index is 8.59. The lowest BCUT2D eigenvalue weighted by Crippen LogP contribution is -2.66. The lowest BCUT2D eigenvalue weighted by atomic mass is 9.78. The van der Waals surface area contributed by atoms with Gasteiger partial charge in [0.1, 0.15) is 0 Å². The van der Waals surface area contributed by atoms with E-state index in [1.54, 1.807) is 0 Å². The molecule has 0 aromatic heterocycles. The van der Waals surface area contributed by atoms with Crippen LogP contribution in [0.4, 0.5) is 0 Å². The van der Waals surface area contributed by atoms with Crippen LogP contribution in [-0.4, -0.2) is 49.5 Å². The fraction of sp³-hybridized carbons (Fsp3) is 1.00. The van der Waals surface area contributed by atoms with Gasteiger partial charge in [-0.05, 0) is 0 Å². The smallest absolute Gasteiger partial charge is 0.0569 e. The van der Waals surface area contributed by atoms with Crippen molar-refractivity contribution in [3.63, 3.8) is 0 Å². The molecule has 3 nitrogen and oxygen atoms in total. The molecule has 0 atom stereocenters. The van der Waals surface area contributed by atoms with Crippen LogP contribution in [0.2, 0.25) is 0 Å². The second-order valence-corrected chi connectivity index (χ2v) is 3.43. The first-order chi connectivity index (χ1) is 5.85. The topological polar surface area (TPSA) is 32.7 Å². The summed E-state index contributed by atoms with van der Waals surface area (Å²) in [6.07, 6.45) is 0. The van der Waals surface area contributed by atoms with Crippen molar-refractivity contribution in [2.45, 2.75) is 13.8 Å². The van der Waals surface area contributed by atoms with Crippen molar-refractivity contribution in [2.24, 2.45) is 5.41 Å². The molecule has 2 aliphatic heterocycles. The van der Waals surface area contributed by atoms with Crippen molar-refractivity contribution in [3.05, 3.63) is 0 Å². The van der Waals surface area contributed by atoms with Gasteiger partial charge in [0.2, 0.25) is 0 Å². The normalized spacial score (nSPS) is 25.2. The van der Waals surface area contributed by atoms with Crippen LogP contribution < -0.4 is 0 Å². The zero-order valence-corrected chi connectivity index (χ0v) is 8.05. The Morgan fingerprint density at radius 3 is 2.25 bits per heavy atom. The molecule has 0 amide bonds. The first-order valence-corrected chi connectivity index (χ1v) is 4.76. The third-order valence-corrected chi connectivity index (χ3v) is 2.35. The number of aliphatic hydroxyl groups excluding tert-OH is 1. The summed E-state index contributed by atoms with van der Waals surface area (Å²) in [5, 5.41) is 8.59. The van der Waals surface area contributed by atoms with E-state index in [-0.39, 0.29) is 6.61 Å². The lowest BCUT2D eigenvalue weighted by molar-refractivity contribution is -0.190. The predicted octanol–water partition coefficient (Wildman–Crippen LogP) is 0.337. The highest BCUT2D eigenvalue weighted by Crippen LogP contribution is 2.36. The summed E-state index contributed by atoms with van der Waals surface area (Å²) in [7, 11) is 0. The fourth-order valence-electron chi connectivity index (χ4n) is 1.78. The highest BCUT2D eigenvalue weighted by molar-refractivity contribution is 4.99. The largest absolute Gasteiger partial charge is 0.395 e. The first kappa shape index (κ1) is 9.96. The van der Waals surface area contributed by atoms with Crippen LogP contribution in [0.25, 0.3) is 0 Å². The second-order valence-electron chi connectivity index (χ2n) is 3.43. The van der Waals surface area contributed by atoms with Gasteiger partial charge in [0.05, 0.1) is 19.8 Å². The van der Waals surface area contributed by atoms with Crippen LogP contribution in [0.3, 0.4) is 0 Å². The molecule has 2 heterocycles. The molecule has 1 spiro atoms. The molecule has 12 heavy (non-hydrogen) atoms. The molecule has 0 radical (unpaired) electrons. The Bertz CT molecular complexity index is 126. The van der Waals surface area contributed by atoms with E-state index in [2.05, 4.69) is 4.90 Å². The van der Waals surface area contributed by atoms with Crippen LogP contribution in [-0.2, 0) is 4.74 Å². The summed E-state index contributed by atoms with van der Waals surface area (Å²) in [5.41, 5.74) is 0.509. The van der Waals surface area contributed by atoms with Gasteiger partial charge in [-0.25, -0.2) is 0 Å². The van der Waals surface area contributed by atoms with E-state index in [4.69, 9.17) is 9.84 Å². The standard InChI is InChI=1S/C7H13NO2.C2H6/c9-2-1-8-3-7(4-8)5-10-6-7;1-2/h9H,1-6H2;1-2H3. The van der Waals surface area contributed by atoms with Crippen molar-refractivity contribution in [3.8, 4) is 0 Å². The summed E-state index contributed by atoms with van der Waals surface area (Å²) in [6, 6.07) is 0. The van der Waals surface area contributed by atoms with Crippen molar-refractivity contribution in [1.82, 2.24) is 4.90 Å². The Morgan fingerprint density at radius 1 is 1.33 bits per heavy atom. The van der Waals surface area contributed by atoms with Crippen LogP contribution >= 0.6 is 0 Å². The van der Waals surface area contributed by atoms with E-state index < -0.39 is 0 Å². The second kappa shape index (κ2) is 4.21. The monoisotopic (exact) mass is 173 g/mol. The number of aliphatic hydroxyl groups is 1. The van der Waals surface area contributed by atoms with Gasteiger partial charge < -0.3 is 9.84 Å². The van der Waals surface area contributed by atoms with Gasteiger partial charge in [0.25, 0.3) is 0 Å². The van der Waals surface area contributed by atoms with Crippen LogP contribution in [0.5, 0.6) is 0 Å². The van der Waals surface area contributed by atoms with Crippen molar-refractivity contribution in [1.29, 1.82) is 0 Å². The van der Waals surface area contributed by atoms with Crippen molar-refractivity contribution < 1.29 is 9.84 Å². The van der Waals surface area contributed by atoms with Gasteiger partial charge in [-0.15, -0.1) is 0 Å². The maximum atomic E-state index is 8.59. The zero-order chi connectivity index (χ0) is 9.03. The molecule has 0 aromatic rings. The molecule has 2 rings (SSSR count). The summed E-state index contributed by atoms with van der Waals surface area (Å²) in [6.45, 7) is 9.27. The first-order valence-electron chi connectivity index (χ1n) is 4.76. The van der Waals surface area contributed by atoms with Gasteiger partial charge in [-0.2, -0.15) is 0 Å². The minimum Gasteiger partial charge on any atom is -0.395 e. The number of hydrogen-bond acceptors (Lipinski definition) is 3. The molecule has 0 unspecified atom stereocenters. The van der Waals surface area contributed by atoms with E-state index in [1.807, 2.05) is 13.8 Å². The molecular weight excluding hydrogens is 154 g/mol. The summed E-state index contributed by atoms with van der Waals surface area (Å²) < 4.78 is 5.12. The molecular formula is C9H19NO2. The number of rotatable bonds is 2. The van der Waals surface area contributed by atoms with Crippen LogP contribution in [0.1, 0.15) is 13.8 Å². The third-order valence-electron chi connectivity index (χ3n) is 2.35. The molecule has 0 aliphatic carbocycles. The Kier molecular flexibility index (Phi) is 3.50. The lowest BCUT2D eigenvalue weighted by Gasteiger charge is -2.55.